The molecule has 51 heavy (non-hydrogen) atoms. The minimum atomic E-state index is 0.418. The normalized spacial score (nSPS) is 14.9. The summed E-state index contributed by atoms with van der Waals surface area (Å²) in [6, 6.07) is 50.4. The number of thiazole rings is 1. The molecule has 3 nitrogen and oxygen atoms in total. The molecule has 0 saturated heterocycles. The van der Waals surface area contributed by atoms with Gasteiger partial charge in [0.05, 0.1) is 10.2 Å². The van der Waals surface area contributed by atoms with Crippen LogP contribution in [0.15, 0.2) is 168 Å². The molecule has 0 radical (unpaired) electrons. The van der Waals surface area contributed by atoms with Crippen LogP contribution in [0.5, 0.6) is 0 Å². The molecule has 8 aromatic rings. The fraction of sp³-hybridized carbons (Fsp3) is 0.0851. The summed E-state index contributed by atoms with van der Waals surface area (Å²) in [4.78, 5) is 7.31. The van der Waals surface area contributed by atoms with Crippen LogP contribution in [0, 0.1) is 0 Å². The fourth-order valence-corrected chi connectivity index (χ4v) is 8.69. The number of hydrogen-bond acceptors (Lipinski definition) is 4. The molecule has 2 aliphatic rings. The van der Waals surface area contributed by atoms with Crippen molar-refractivity contribution in [2.24, 2.45) is 0 Å². The number of aryl methyl sites for hydroxylation is 2. The lowest BCUT2D eigenvalue weighted by Crippen LogP contribution is -2.12. The predicted molar refractivity (Wildman–Crippen MR) is 213 cm³/mol. The molecule has 2 aromatic heterocycles. The first-order valence-electron chi connectivity index (χ1n) is 17.7. The number of allylic oxidation sites excluding steroid dienone is 4. The highest BCUT2D eigenvalue weighted by Gasteiger charge is 2.25. The van der Waals surface area contributed by atoms with Gasteiger partial charge in [-0.2, -0.15) is 0 Å². The summed E-state index contributed by atoms with van der Waals surface area (Å²) in [5, 5.41) is 2.24. The van der Waals surface area contributed by atoms with E-state index >= 15 is 0 Å². The van der Waals surface area contributed by atoms with Crippen LogP contribution in [0.25, 0.3) is 54.2 Å². The molecule has 1 atom stereocenters. The Morgan fingerprint density at radius 1 is 0.647 bits per heavy atom. The van der Waals surface area contributed by atoms with Gasteiger partial charge in [0.25, 0.3) is 0 Å². The molecule has 2 aliphatic carbocycles. The van der Waals surface area contributed by atoms with E-state index in [0.29, 0.717) is 5.92 Å². The zero-order valence-corrected chi connectivity index (χ0v) is 28.8. The smallest absolute Gasteiger partial charge is 0.138 e. The van der Waals surface area contributed by atoms with E-state index in [4.69, 9.17) is 9.40 Å². The molecule has 6 aromatic carbocycles. The van der Waals surface area contributed by atoms with Gasteiger partial charge in [-0.3, -0.25) is 0 Å². The van der Waals surface area contributed by atoms with Gasteiger partial charge in [0.1, 0.15) is 16.4 Å². The van der Waals surface area contributed by atoms with Crippen molar-refractivity contribution in [1.82, 2.24) is 4.98 Å². The summed E-state index contributed by atoms with van der Waals surface area (Å²) >= 11 is 1.74. The Morgan fingerprint density at radius 2 is 1.39 bits per heavy atom. The van der Waals surface area contributed by atoms with E-state index in [9.17, 15) is 0 Å². The average Bonchev–Trinajstić information content (AvgIpc) is 3.81. The highest BCUT2D eigenvalue weighted by Crippen LogP contribution is 2.45. The van der Waals surface area contributed by atoms with E-state index in [1.807, 2.05) is 0 Å². The van der Waals surface area contributed by atoms with E-state index in [1.54, 1.807) is 11.3 Å². The summed E-state index contributed by atoms with van der Waals surface area (Å²) in [6.45, 7) is 0. The standard InChI is InChI=1S/C47H34N2OS/c1-3-9-31(10-4-1)33-15-21-37(22-16-33)49(38-23-17-34(18-24-38)32-11-5-2-6-12-32)39-25-27-40-35(29-39)19-26-41-42-30-36(20-28-44(42)50-46(40)41)47-48-43-13-7-8-14-45(43)51-47/h1-11,13-18,20-25,27-30,32H,12,19,26H2. The number of rotatable bonds is 6. The first kappa shape index (κ1) is 29.9. The molecule has 0 aliphatic heterocycles. The Hall–Kier alpha value is -5.97. The van der Waals surface area contributed by atoms with Crippen LogP contribution in [0.3, 0.4) is 0 Å². The number of aromatic nitrogens is 1. The van der Waals surface area contributed by atoms with E-state index in [1.165, 1.54) is 43.5 Å². The average molecular weight is 675 g/mol. The third-order valence-electron chi connectivity index (χ3n) is 10.4. The quantitative estimate of drug-likeness (QED) is 0.176. The maximum Gasteiger partial charge on any atom is 0.138 e. The van der Waals surface area contributed by atoms with E-state index < -0.39 is 0 Å². The predicted octanol–water partition coefficient (Wildman–Crippen LogP) is 13.2. The maximum atomic E-state index is 6.62. The molecule has 2 heterocycles. The lowest BCUT2D eigenvalue weighted by Gasteiger charge is -2.28. The van der Waals surface area contributed by atoms with Crippen LogP contribution in [-0.2, 0) is 12.8 Å². The molecule has 0 fully saturated rings. The third-order valence-corrected chi connectivity index (χ3v) is 11.4. The Morgan fingerprint density at radius 3 is 2.20 bits per heavy atom. The molecule has 0 spiro atoms. The highest BCUT2D eigenvalue weighted by molar-refractivity contribution is 7.21. The van der Waals surface area contributed by atoms with Crippen molar-refractivity contribution in [2.75, 3.05) is 4.90 Å². The molecular formula is C47H34N2OS. The van der Waals surface area contributed by atoms with Crippen LogP contribution in [0.4, 0.5) is 17.1 Å². The molecule has 0 N–H and O–H groups in total. The Balaban J connectivity index is 1.02. The molecule has 4 heteroatoms. The second kappa shape index (κ2) is 12.4. The van der Waals surface area contributed by atoms with Crippen molar-refractivity contribution in [2.45, 2.75) is 25.2 Å². The number of para-hydroxylation sites is 1. The zero-order valence-electron chi connectivity index (χ0n) is 28.0. The summed E-state index contributed by atoms with van der Waals surface area (Å²) in [5.74, 6) is 1.42. The van der Waals surface area contributed by atoms with Gasteiger partial charge in [-0.15, -0.1) is 11.3 Å². The van der Waals surface area contributed by atoms with Crippen LogP contribution >= 0.6 is 11.3 Å². The van der Waals surface area contributed by atoms with Gasteiger partial charge in [0.15, 0.2) is 0 Å². The molecule has 1 unspecified atom stereocenters. The molecule has 10 rings (SSSR count). The lowest BCUT2D eigenvalue weighted by atomic mass is 9.88. The molecule has 244 valence electrons. The number of nitrogens with zero attached hydrogens (tertiary/aromatic N) is 2. The Kier molecular flexibility index (Phi) is 7.28. The largest absolute Gasteiger partial charge is 0.456 e. The first-order chi connectivity index (χ1) is 25.2. The number of hydrogen-bond donors (Lipinski definition) is 0. The fourth-order valence-electron chi connectivity index (χ4n) is 7.73. The second-order valence-electron chi connectivity index (χ2n) is 13.4. The number of anilines is 3. The van der Waals surface area contributed by atoms with Gasteiger partial charge in [-0.05, 0) is 114 Å². The number of benzene rings is 6. The van der Waals surface area contributed by atoms with Crippen molar-refractivity contribution < 1.29 is 4.42 Å². The van der Waals surface area contributed by atoms with Gasteiger partial charge >= 0.3 is 0 Å². The topological polar surface area (TPSA) is 29.3 Å². The summed E-state index contributed by atoms with van der Waals surface area (Å²) in [7, 11) is 0. The Bertz CT molecular complexity index is 2580. The summed E-state index contributed by atoms with van der Waals surface area (Å²) < 4.78 is 7.83. The van der Waals surface area contributed by atoms with Gasteiger partial charge in [-0.25, -0.2) is 4.98 Å². The van der Waals surface area contributed by atoms with Gasteiger partial charge in [0, 0.05) is 45.1 Å². The van der Waals surface area contributed by atoms with Crippen molar-refractivity contribution in [3.8, 4) is 33.0 Å². The SMILES string of the molecule is C1=CCC(c2ccc(N(c3ccc(-c4ccccc4)cc3)c3ccc4c(c3)CCc3c-4oc4ccc(-c5nc6ccccc6s5)cc34)cc2)C=C1. The Labute approximate surface area is 301 Å². The van der Waals surface area contributed by atoms with Crippen molar-refractivity contribution in [3.63, 3.8) is 0 Å². The lowest BCUT2D eigenvalue weighted by molar-refractivity contribution is 0.621. The van der Waals surface area contributed by atoms with Crippen molar-refractivity contribution >= 4 is 49.6 Å². The van der Waals surface area contributed by atoms with Gasteiger partial charge < -0.3 is 9.32 Å². The van der Waals surface area contributed by atoms with Crippen LogP contribution in [0.2, 0.25) is 0 Å². The second-order valence-corrected chi connectivity index (χ2v) is 14.5. The minimum absolute atomic E-state index is 0.418. The molecule has 0 bridgehead atoms. The first-order valence-corrected chi connectivity index (χ1v) is 18.5. The number of furan rings is 1. The van der Waals surface area contributed by atoms with Gasteiger partial charge in [0.2, 0.25) is 0 Å². The van der Waals surface area contributed by atoms with Crippen LogP contribution in [0.1, 0.15) is 29.0 Å². The van der Waals surface area contributed by atoms with E-state index in [0.717, 1.165) is 63.8 Å². The minimum Gasteiger partial charge on any atom is -0.456 e. The molecule has 0 saturated carbocycles. The van der Waals surface area contributed by atoms with Crippen LogP contribution in [-0.4, -0.2) is 4.98 Å². The van der Waals surface area contributed by atoms with Gasteiger partial charge in [-0.1, -0.05) is 91.0 Å². The van der Waals surface area contributed by atoms with E-state index in [2.05, 4.69) is 169 Å². The summed E-state index contributed by atoms with van der Waals surface area (Å²) in [6.07, 6.45) is 11.8. The van der Waals surface area contributed by atoms with Crippen molar-refractivity contribution in [1.29, 1.82) is 0 Å². The number of fused-ring (bicyclic) bond motifs is 6. The summed E-state index contributed by atoms with van der Waals surface area (Å²) in [5.41, 5.74) is 14.1. The van der Waals surface area contributed by atoms with Crippen LogP contribution < -0.4 is 4.90 Å². The molecular weight excluding hydrogens is 641 g/mol. The maximum absolute atomic E-state index is 6.62. The monoisotopic (exact) mass is 674 g/mol. The van der Waals surface area contributed by atoms with Crippen molar-refractivity contribution in [3.05, 3.63) is 181 Å². The zero-order chi connectivity index (χ0) is 33.7. The highest BCUT2D eigenvalue weighted by atomic mass is 32.1. The third kappa shape index (κ3) is 5.40. The molecule has 0 amide bonds. The van der Waals surface area contributed by atoms with E-state index in [-0.39, 0.29) is 0 Å².